The van der Waals surface area contributed by atoms with E-state index in [-0.39, 0.29) is 5.91 Å². The van der Waals surface area contributed by atoms with Gasteiger partial charge in [-0.25, -0.2) is 0 Å². The van der Waals surface area contributed by atoms with E-state index in [1.54, 1.807) is 30.3 Å². The van der Waals surface area contributed by atoms with Gasteiger partial charge >= 0.3 is 0 Å². The second-order valence-electron chi connectivity index (χ2n) is 5.54. The van der Waals surface area contributed by atoms with Crippen molar-refractivity contribution in [1.82, 2.24) is 15.1 Å². The van der Waals surface area contributed by atoms with Crippen molar-refractivity contribution in [3.63, 3.8) is 0 Å². The number of carbonyl (C=O) groups excluding carboxylic acids is 1. The van der Waals surface area contributed by atoms with E-state index < -0.39 is 0 Å². The summed E-state index contributed by atoms with van der Waals surface area (Å²) in [6.07, 6.45) is 1.56. The van der Waals surface area contributed by atoms with Crippen molar-refractivity contribution in [2.45, 2.75) is 6.54 Å². The van der Waals surface area contributed by atoms with Gasteiger partial charge in [-0.2, -0.15) is 5.10 Å². The van der Waals surface area contributed by atoms with Gasteiger partial charge in [-0.05, 0) is 29.8 Å². The zero-order chi connectivity index (χ0) is 16.1. The van der Waals surface area contributed by atoms with Crippen LogP contribution in [0.4, 0.5) is 5.69 Å². The first-order valence-corrected chi connectivity index (χ1v) is 7.69. The van der Waals surface area contributed by atoms with Crippen molar-refractivity contribution < 1.29 is 9.53 Å². The molecule has 1 aliphatic heterocycles. The quantitative estimate of drug-likeness (QED) is 0.858. The number of anilines is 1. The van der Waals surface area contributed by atoms with Gasteiger partial charge in [0.05, 0.1) is 13.2 Å². The van der Waals surface area contributed by atoms with Gasteiger partial charge in [0.15, 0.2) is 5.69 Å². The lowest BCUT2D eigenvalue weighted by Gasteiger charge is -2.29. The highest BCUT2D eigenvalue weighted by atomic mass is 16.5. The van der Waals surface area contributed by atoms with Crippen LogP contribution in [0.1, 0.15) is 16.1 Å². The molecule has 0 radical (unpaired) electrons. The molecule has 23 heavy (non-hydrogen) atoms. The molecule has 0 atom stereocenters. The number of hydrogen-bond donors (Lipinski definition) is 0. The molecule has 0 spiro atoms. The van der Waals surface area contributed by atoms with Crippen LogP contribution < -0.4 is 4.90 Å². The average Bonchev–Trinajstić information content (AvgIpc) is 2.63. The minimum Gasteiger partial charge on any atom is -0.378 e. The van der Waals surface area contributed by atoms with Crippen LogP contribution in [0.25, 0.3) is 0 Å². The number of ether oxygens (including phenoxy) is 1. The molecule has 2 aromatic rings. The number of carbonyl (C=O) groups is 1. The largest absolute Gasteiger partial charge is 0.378 e. The highest BCUT2D eigenvalue weighted by Gasteiger charge is 2.14. The summed E-state index contributed by atoms with van der Waals surface area (Å²) in [5.41, 5.74) is 2.64. The maximum Gasteiger partial charge on any atom is 0.274 e. The summed E-state index contributed by atoms with van der Waals surface area (Å²) in [6, 6.07) is 11.7. The molecule has 2 heterocycles. The van der Waals surface area contributed by atoms with Crippen LogP contribution >= 0.6 is 0 Å². The molecule has 1 aromatic heterocycles. The van der Waals surface area contributed by atoms with E-state index in [1.807, 2.05) is 0 Å². The first kappa shape index (κ1) is 15.4. The van der Waals surface area contributed by atoms with Crippen LogP contribution in [-0.2, 0) is 11.3 Å². The molecule has 0 aliphatic carbocycles. The maximum absolute atomic E-state index is 12.3. The van der Waals surface area contributed by atoms with Gasteiger partial charge in [0.1, 0.15) is 0 Å². The Morgan fingerprint density at radius 3 is 2.61 bits per heavy atom. The topological polar surface area (TPSA) is 58.6 Å². The maximum atomic E-state index is 12.3. The SMILES string of the molecule is CN(Cc1ccc(N2CCOCC2)cc1)C(=O)c1cccnn1. The molecule has 120 valence electrons. The molecular weight excluding hydrogens is 292 g/mol. The molecule has 6 heteroatoms. The summed E-state index contributed by atoms with van der Waals surface area (Å²) in [5.74, 6) is -0.129. The van der Waals surface area contributed by atoms with Gasteiger partial charge in [0.2, 0.25) is 0 Å². The van der Waals surface area contributed by atoms with E-state index in [9.17, 15) is 4.79 Å². The Morgan fingerprint density at radius 1 is 1.22 bits per heavy atom. The highest BCUT2D eigenvalue weighted by Crippen LogP contribution is 2.17. The van der Waals surface area contributed by atoms with E-state index in [4.69, 9.17) is 4.74 Å². The lowest BCUT2D eigenvalue weighted by molar-refractivity contribution is 0.0778. The molecule has 1 amide bonds. The highest BCUT2D eigenvalue weighted by molar-refractivity contribution is 5.91. The van der Waals surface area contributed by atoms with Gasteiger partial charge in [-0.1, -0.05) is 12.1 Å². The standard InChI is InChI=1S/C17H20N4O2/c1-20(17(22)16-3-2-8-18-19-16)13-14-4-6-15(7-5-14)21-9-11-23-12-10-21/h2-8H,9-13H2,1H3. The lowest BCUT2D eigenvalue weighted by Crippen LogP contribution is -2.36. The lowest BCUT2D eigenvalue weighted by atomic mass is 10.1. The predicted octanol–water partition coefficient (Wildman–Crippen LogP) is 1.59. The van der Waals surface area contributed by atoms with Crippen molar-refractivity contribution in [1.29, 1.82) is 0 Å². The summed E-state index contributed by atoms with van der Waals surface area (Å²) in [7, 11) is 1.77. The molecule has 1 fully saturated rings. The fourth-order valence-electron chi connectivity index (χ4n) is 2.59. The molecule has 0 N–H and O–H groups in total. The molecule has 0 unspecified atom stereocenters. The zero-order valence-corrected chi connectivity index (χ0v) is 13.2. The molecule has 0 bridgehead atoms. The molecule has 6 nitrogen and oxygen atoms in total. The number of hydrogen-bond acceptors (Lipinski definition) is 5. The summed E-state index contributed by atoms with van der Waals surface area (Å²) >= 11 is 0. The molecule has 1 aromatic carbocycles. The van der Waals surface area contributed by atoms with Crippen LogP contribution in [-0.4, -0.2) is 54.4 Å². The summed E-state index contributed by atoms with van der Waals surface area (Å²) in [6.45, 7) is 3.93. The smallest absolute Gasteiger partial charge is 0.274 e. The first-order valence-electron chi connectivity index (χ1n) is 7.69. The minimum atomic E-state index is -0.129. The fraction of sp³-hybridized carbons (Fsp3) is 0.353. The minimum absolute atomic E-state index is 0.129. The number of nitrogens with zero attached hydrogens (tertiary/aromatic N) is 4. The van der Waals surface area contributed by atoms with E-state index in [0.717, 1.165) is 31.9 Å². The third-order valence-electron chi connectivity index (χ3n) is 3.87. The van der Waals surface area contributed by atoms with Crippen molar-refractivity contribution >= 4 is 11.6 Å². The van der Waals surface area contributed by atoms with Gasteiger partial charge in [0, 0.05) is 38.6 Å². The van der Waals surface area contributed by atoms with Crippen molar-refractivity contribution in [2.75, 3.05) is 38.3 Å². The molecular formula is C17H20N4O2. The number of benzene rings is 1. The Balaban J connectivity index is 1.62. The Kier molecular flexibility index (Phi) is 4.83. The second-order valence-corrected chi connectivity index (χ2v) is 5.54. The third kappa shape index (κ3) is 3.84. The van der Waals surface area contributed by atoms with Gasteiger partial charge in [-0.3, -0.25) is 4.79 Å². The van der Waals surface area contributed by atoms with E-state index >= 15 is 0 Å². The van der Waals surface area contributed by atoms with Crippen molar-refractivity contribution in [3.8, 4) is 0 Å². The Labute approximate surface area is 135 Å². The Hall–Kier alpha value is -2.47. The number of amides is 1. The summed E-state index contributed by atoms with van der Waals surface area (Å²) in [5, 5.41) is 7.60. The third-order valence-corrected chi connectivity index (χ3v) is 3.87. The van der Waals surface area contributed by atoms with Crippen molar-refractivity contribution in [3.05, 3.63) is 53.9 Å². The second kappa shape index (κ2) is 7.19. The predicted molar refractivity (Wildman–Crippen MR) is 87.3 cm³/mol. The van der Waals surface area contributed by atoms with Crippen LogP contribution in [0.2, 0.25) is 0 Å². The average molecular weight is 312 g/mol. The normalized spacial score (nSPS) is 14.6. The van der Waals surface area contributed by atoms with Gasteiger partial charge in [0.25, 0.3) is 5.91 Å². The van der Waals surface area contributed by atoms with Crippen LogP contribution in [0.3, 0.4) is 0 Å². The van der Waals surface area contributed by atoms with E-state index in [2.05, 4.69) is 39.4 Å². The molecule has 3 rings (SSSR count). The first-order chi connectivity index (χ1) is 11.2. The number of rotatable bonds is 4. The number of morpholine rings is 1. The fourth-order valence-corrected chi connectivity index (χ4v) is 2.59. The van der Waals surface area contributed by atoms with Gasteiger partial charge in [-0.15, -0.1) is 5.10 Å². The summed E-state index contributed by atoms with van der Waals surface area (Å²) in [4.78, 5) is 16.2. The van der Waals surface area contributed by atoms with E-state index in [0.29, 0.717) is 12.2 Å². The monoisotopic (exact) mass is 312 g/mol. The van der Waals surface area contributed by atoms with Crippen molar-refractivity contribution in [2.24, 2.45) is 0 Å². The van der Waals surface area contributed by atoms with Crippen LogP contribution in [0.15, 0.2) is 42.6 Å². The summed E-state index contributed by atoms with van der Waals surface area (Å²) < 4.78 is 5.37. The van der Waals surface area contributed by atoms with Crippen LogP contribution in [0.5, 0.6) is 0 Å². The number of aromatic nitrogens is 2. The Morgan fingerprint density at radius 2 is 1.96 bits per heavy atom. The zero-order valence-electron chi connectivity index (χ0n) is 13.2. The molecule has 0 saturated carbocycles. The van der Waals surface area contributed by atoms with Gasteiger partial charge < -0.3 is 14.5 Å². The molecule has 1 aliphatic rings. The van der Waals surface area contributed by atoms with E-state index in [1.165, 1.54) is 5.69 Å². The Bertz CT molecular complexity index is 639. The molecule has 1 saturated heterocycles. The van der Waals surface area contributed by atoms with Crippen LogP contribution in [0, 0.1) is 0 Å².